The smallest absolute Gasteiger partial charge is 0.304 e. The highest BCUT2D eigenvalue weighted by Crippen LogP contribution is 2.26. The first kappa shape index (κ1) is 28.3. The Hall–Kier alpha value is -2.91. The van der Waals surface area contributed by atoms with Gasteiger partial charge in [0.25, 0.3) is 0 Å². The summed E-state index contributed by atoms with van der Waals surface area (Å²) in [7, 11) is -1.11. The van der Waals surface area contributed by atoms with Crippen molar-refractivity contribution in [2.45, 2.75) is 53.1 Å². The molecule has 0 saturated carbocycles. The second-order valence-corrected chi connectivity index (χ2v) is 11.0. The number of unbranched alkanes of at least 4 members (excludes halogenated alkanes) is 1. The van der Waals surface area contributed by atoms with E-state index in [9.17, 15) is 18.0 Å². The second-order valence-electron chi connectivity index (χ2n) is 8.91. The summed E-state index contributed by atoms with van der Waals surface area (Å²) in [6, 6.07) is 14.1. The van der Waals surface area contributed by atoms with E-state index in [-0.39, 0.29) is 12.5 Å². The van der Waals surface area contributed by atoms with E-state index < -0.39 is 28.7 Å². The van der Waals surface area contributed by atoms with Crippen LogP contribution in [0.5, 0.6) is 0 Å². The first-order valence-corrected chi connectivity index (χ1v) is 13.3. The molecule has 1 N–H and O–H groups in total. The first-order valence-electron chi connectivity index (χ1n) is 11.9. The molecule has 8 nitrogen and oxygen atoms in total. The zero-order chi connectivity index (χ0) is 26.2. The van der Waals surface area contributed by atoms with Crippen molar-refractivity contribution in [3.63, 3.8) is 0 Å². The molecule has 0 spiro atoms. The van der Waals surface area contributed by atoms with Crippen LogP contribution in [0, 0.1) is 13.8 Å². The Morgan fingerprint density at radius 3 is 2.29 bits per heavy atom. The molecule has 0 unspecified atom stereocenters. The Kier molecular flexibility index (Phi) is 10.3. The number of rotatable bonds is 12. The third kappa shape index (κ3) is 7.53. The number of carbonyl (C=O) groups is 2. The highest BCUT2D eigenvalue weighted by atomic mass is 32.2. The van der Waals surface area contributed by atoms with Gasteiger partial charge in [-0.2, -0.15) is 12.7 Å². The minimum atomic E-state index is -3.98. The molecule has 0 heterocycles. The van der Waals surface area contributed by atoms with Gasteiger partial charge < -0.3 is 10.2 Å². The van der Waals surface area contributed by atoms with Gasteiger partial charge in [-0.15, -0.1) is 0 Å². The van der Waals surface area contributed by atoms with Crippen LogP contribution in [0.4, 0.5) is 5.69 Å². The molecule has 0 aliphatic carbocycles. The molecule has 192 valence electrons. The molecule has 0 bridgehead atoms. The van der Waals surface area contributed by atoms with Crippen LogP contribution in [-0.4, -0.2) is 62.7 Å². The monoisotopic (exact) mass is 502 g/mol. The van der Waals surface area contributed by atoms with Crippen LogP contribution < -0.4 is 9.62 Å². The van der Waals surface area contributed by atoms with E-state index in [1.165, 1.54) is 19.0 Å². The molecule has 2 aromatic carbocycles. The largest absolute Gasteiger partial charge is 0.354 e. The highest BCUT2D eigenvalue weighted by molar-refractivity contribution is 7.90. The van der Waals surface area contributed by atoms with Crippen LogP contribution in [-0.2, 0) is 26.3 Å². The van der Waals surface area contributed by atoms with Gasteiger partial charge in [0.2, 0.25) is 11.8 Å². The summed E-state index contributed by atoms with van der Waals surface area (Å²) in [5.41, 5.74) is 2.89. The standard InChI is InChI=1S/C26H38N4O4S/c1-7-8-16-27-26(32)22(4)29(18-23-12-10-9-11-13-23)25(31)19-30(35(33,34)28(5)6)24-17-20(2)14-15-21(24)3/h9-15,17,22H,7-8,16,18-19H2,1-6H3,(H,27,32)/t22-/m1/s1. The maximum absolute atomic E-state index is 13.7. The lowest BCUT2D eigenvalue weighted by molar-refractivity contribution is -0.139. The summed E-state index contributed by atoms with van der Waals surface area (Å²) in [6.07, 6.45) is 1.78. The van der Waals surface area contributed by atoms with Gasteiger partial charge in [0, 0.05) is 27.2 Å². The topological polar surface area (TPSA) is 90.0 Å². The average molecular weight is 503 g/mol. The Balaban J connectivity index is 2.44. The number of nitrogens with zero attached hydrogens (tertiary/aromatic N) is 3. The predicted octanol–water partition coefficient (Wildman–Crippen LogP) is 3.25. The Morgan fingerprint density at radius 2 is 1.69 bits per heavy atom. The number of nitrogens with one attached hydrogen (secondary N) is 1. The normalized spacial score (nSPS) is 12.3. The third-order valence-corrected chi connectivity index (χ3v) is 7.65. The van der Waals surface area contributed by atoms with E-state index in [0.29, 0.717) is 12.2 Å². The summed E-state index contributed by atoms with van der Waals surface area (Å²) in [4.78, 5) is 28.0. The van der Waals surface area contributed by atoms with E-state index in [0.717, 1.165) is 38.1 Å². The van der Waals surface area contributed by atoms with Crippen molar-refractivity contribution in [3.8, 4) is 0 Å². The third-order valence-electron chi connectivity index (χ3n) is 5.84. The zero-order valence-corrected chi connectivity index (χ0v) is 22.4. The van der Waals surface area contributed by atoms with Gasteiger partial charge in [-0.1, -0.05) is 55.8 Å². The van der Waals surface area contributed by atoms with Crippen molar-refractivity contribution in [1.29, 1.82) is 0 Å². The number of aryl methyl sites for hydroxylation is 2. The highest BCUT2D eigenvalue weighted by Gasteiger charge is 2.33. The second kappa shape index (κ2) is 12.7. The molecule has 35 heavy (non-hydrogen) atoms. The van der Waals surface area contributed by atoms with Crippen LogP contribution in [0.1, 0.15) is 43.4 Å². The summed E-state index contributed by atoms with van der Waals surface area (Å²) in [5, 5.41) is 2.88. The summed E-state index contributed by atoms with van der Waals surface area (Å²) in [6.45, 7) is 7.67. The van der Waals surface area contributed by atoms with Gasteiger partial charge in [-0.05, 0) is 49.9 Å². The van der Waals surface area contributed by atoms with Crippen molar-refractivity contribution in [2.24, 2.45) is 0 Å². The Morgan fingerprint density at radius 1 is 1.03 bits per heavy atom. The maximum Gasteiger partial charge on any atom is 0.304 e. The Labute approximate surface area is 210 Å². The van der Waals surface area contributed by atoms with E-state index in [1.807, 2.05) is 63.2 Å². The van der Waals surface area contributed by atoms with Crippen LogP contribution in [0.2, 0.25) is 0 Å². The van der Waals surface area contributed by atoms with Crippen molar-refractivity contribution in [1.82, 2.24) is 14.5 Å². The summed E-state index contributed by atoms with van der Waals surface area (Å²) < 4.78 is 28.8. The predicted molar refractivity (Wildman–Crippen MR) is 140 cm³/mol. The van der Waals surface area contributed by atoms with Gasteiger partial charge in [0.1, 0.15) is 12.6 Å². The van der Waals surface area contributed by atoms with Crippen molar-refractivity contribution >= 4 is 27.7 Å². The van der Waals surface area contributed by atoms with Crippen molar-refractivity contribution in [2.75, 3.05) is 31.5 Å². The van der Waals surface area contributed by atoms with Crippen LogP contribution >= 0.6 is 0 Å². The molecule has 2 rings (SSSR count). The van der Waals surface area contributed by atoms with Crippen molar-refractivity contribution in [3.05, 3.63) is 65.2 Å². The fourth-order valence-corrected chi connectivity index (χ4v) is 4.70. The molecule has 9 heteroatoms. The zero-order valence-electron chi connectivity index (χ0n) is 21.6. The molecular weight excluding hydrogens is 464 g/mol. The minimum Gasteiger partial charge on any atom is -0.354 e. The number of benzene rings is 2. The summed E-state index contributed by atoms with van der Waals surface area (Å²) in [5.74, 6) is -0.727. The Bertz CT molecular complexity index is 1100. The number of hydrogen-bond acceptors (Lipinski definition) is 4. The molecular formula is C26H38N4O4S. The van der Waals surface area contributed by atoms with E-state index in [4.69, 9.17) is 0 Å². The van der Waals surface area contributed by atoms with Gasteiger partial charge >= 0.3 is 10.2 Å². The molecule has 0 fully saturated rings. The van der Waals surface area contributed by atoms with E-state index in [2.05, 4.69) is 5.32 Å². The average Bonchev–Trinajstić information content (AvgIpc) is 2.82. The van der Waals surface area contributed by atoms with Gasteiger partial charge in [-0.25, -0.2) is 4.31 Å². The SMILES string of the molecule is CCCCNC(=O)[C@@H](C)N(Cc1ccccc1)C(=O)CN(c1cc(C)ccc1C)S(=O)(=O)N(C)C. The number of amides is 2. The molecule has 2 aromatic rings. The van der Waals surface area contributed by atoms with Crippen LogP contribution in [0.25, 0.3) is 0 Å². The molecule has 2 amide bonds. The summed E-state index contributed by atoms with van der Waals surface area (Å²) >= 11 is 0. The lowest BCUT2D eigenvalue weighted by Crippen LogP contribution is -2.52. The number of anilines is 1. The first-order chi connectivity index (χ1) is 16.5. The molecule has 0 aliphatic rings. The molecule has 0 aromatic heterocycles. The minimum absolute atomic E-state index is 0.185. The fraction of sp³-hybridized carbons (Fsp3) is 0.462. The molecule has 0 aliphatic heterocycles. The fourth-order valence-electron chi connectivity index (χ4n) is 3.59. The van der Waals surface area contributed by atoms with Crippen LogP contribution in [0.15, 0.2) is 48.5 Å². The molecule has 1 atom stereocenters. The van der Waals surface area contributed by atoms with Gasteiger partial charge in [-0.3, -0.25) is 9.59 Å². The van der Waals surface area contributed by atoms with Gasteiger partial charge in [0.05, 0.1) is 5.69 Å². The quantitative estimate of drug-likeness (QED) is 0.451. The van der Waals surface area contributed by atoms with Crippen LogP contribution in [0.3, 0.4) is 0 Å². The van der Waals surface area contributed by atoms with E-state index >= 15 is 0 Å². The number of hydrogen-bond donors (Lipinski definition) is 1. The van der Waals surface area contributed by atoms with Crippen molar-refractivity contribution < 1.29 is 18.0 Å². The number of carbonyl (C=O) groups excluding carboxylic acids is 2. The van der Waals surface area contributed by atoms with E-state index in [1.54, 1.807) is 13.0 Å². The molecule has 0 saturated heterocycles. The lowest BCUT2D eigenvalue weighted by Gasteiger charge is -2.33. The van der Waals surface area contributed by atoms with Gasteiger partial charge in [0.15, 0.2) is 0 Å². The molecule has 0 radical (unpaired) electrons. The lowest BCUT2D eigenvalue weighted by atomic mass is 10.1. The maximum atomic E-state index is 13.7.